The van der Waals surface area contributed by atoms with Crippen LogP contribution in [0.4, 0.5) is 0 Å². The number of halogens is 1. The van der Waals surface area contributed by atoms with E-state index in [1.807, 2.05) is 12.1 Å². The van der Waals surface area contributed by atoms with Gasteiger partial charge in [-0.2, -0.15) is 0 Å². The van der Waals surface area contributed by atoms with Crippen molar-refractivity contribution < 1.29 is 22.7 Å². The fourth-order valence-electron chi connectivity index (χ4n) is 3.39. The molecule has 8 heteroatoms. The second-order valence-corrected chi connectivity index (χ2v) is 9.49. The van der Waals surface area contributed by atoms with Gasteiger partial charge in [0.15, 0.2) is 9.84 Å². The molecule has 1 saturated heterocycles. The molecule has 30 heavy (non-hydrogen) atoms. The molecular formula is C22H22ClNO5S. The van der Waals surface area contributed by atoms with Gasteiger partial charge in [-0.25, -0.2) is 8.42 Å². The number of sulfone groups is 1. The second kappa shape index (κ2) is 9.02. The maximum absolute atomic E-state index is 13.1. The van der Waals surface area contributed by atoms with Crippen molar-refractivity contribution in [3.63, 3.8) is 0 Å². The largest absolute Gasteiger partial charge is 0.464 e. The summed E-state index contributed by atoms with van der Waals surface area (Å²) in [5.74, 6) is -0.510. The van der Waals surface area contributed by atoms with Crippen molar-refractivity contribution in [2.24, 2.45) is 0 Å². The summed E-state index contributed by atoms with van der Waals surface area (Å²) in [6, 6.07) is 13.7. The Balaban J connectivity index is 2.01. The number of carbonyl (C=O) groups is 2. The molecule has 6 nitrogen and oxygen atoms in total. The van der Waals surface area contributed by atoms with Crippen molar-refractivity contribution in [3.8, 4) is 0 Å². The van der Waals surface area contributed by atoms with E-state index in [1.54, 1.807) is 41.3 Å². The standard InChI is InChI=1S/C22H22ClNO5S/c1-15(25)29-14-13-24-12-11-20(22(24)26)21(16-3-7-18(23)8-4-16)17-5-9-19(10-6-17)30(2,27)28/h3-10H,11-14H2,1-2H3/b21-20+. The van der Waals surface area contributed by atoms with Crippen molar-refractivity contribution >= 4 is 38.9 Å². The van der Waals surface area contributed by atoms with E-state index in [0.29, 0.717) is 30.1 Å². The molecule has 3 rings (SSSR count). The molecule has 0 bridgehead atoms. The van der Waals surface area contributed by atoms with Crippen molar-refractivity contribution in [1.29, 1.82) is 0 Å². The van der Waals surface area contributed by atoms with Crippen LogP contribution in [-0.4, -0.2) is 51.1 Å². The molecule has 0 N–H and O–H groups in total. The quantitative estimate of drug-likeness (QED) is 0.501. The minimum atomic E-state index is -3.32. The Morgan fingerprint density at radius 3 is 2.17 bits per heavy atom. The van der Waals surface area contributed by atoms with Gasteiger partial charge in [-0.05, 0) is 47.4 Å². The number of rotatable bonds is 6. The molecule has 2 aromatic rings. The molecule has 2 aromatic carbocycles. The first-order chi connectivity index (χ1) is 14.2. The zero-order valence-corrected chi connectivity index (χ0v) is 18.3. The lowest BCUT2D eigenvalue weighted by molar-refractivity contribution is -0.142. The number of hydrogen-bond acceptors (Lipinski definition) is 5. The van der Waals surface area contributed by atoms with Crippen molar-refractivity contribution in [2.75, 3.05) is 26.0 Å². The molecule has 158 valence electrons. The lowest BCUT2D eigenvalue weighted by Crippen LogP contribution is -2.29. The van der Waals surface area contributed by atoms with Gasteiger partial charge in [-0.3, -0.25) is 9.59 Å². The van der Waals surface area contributed by atoms with E-state index in [4.69, 9.17) is 16.3 Å². The lowest BCUT2D eigenvalue weighted by atomic mass is 9.92. The number of esters is 1. The maximum atomic E-state index is 13.1. The molecule has 1 aliphatic rings. The Hall–Kier alpha value is -2.64. The third-order valence-corrected chi connectivity index (χ3v) is 6.23. The van der Waals surface area contributed by atoms with E-state index in [1.165, 1.54) is 6.92 Å². The Morgan fingerprint density at radius 2 is 1.63 bits per heavy atom. The first-order valence-electron chi connectivity index (χ1n) is 9.39. The van der Waals surface area contributed by atoms with E-state index in [2.05, 4.69) is 0 Å². The van der Waals surface area contributed by atoms with E-state index < -0.39 is 9.84 Å². The lowest BCUT2D eigenvalue weighted by Gasteiger charge is -2.16. The highest BCUT2D eigenvalue weighted by molar-refractivity contribution is 7.90. The number of carbonyl (C=O) groups excluding carboxylic acids is 2. The molecule has 0 aliphatic carbocycles. The minimum Gasteiger partial charge on any atom is -0.464 e. The fraction of sp³-hybridized carbons (Fsp3) is 0.273. The molecular weight excluding hydrogens is 426 g/mol. The first-order valence-corrected chi connectivity index (χ1v) is 11.7. The van der Waals surface area contributed by atoms with Gasteiger partial charge in [0.1, 0.15) is 6.61 Å². The molecule has 0 atom stereocenters. The Labute approximate surface area is 181 Å². The van der Waals surface area contributed by atoms with Crippen LogP contribution >= 0.6 is 11.6 Å². The van der Waals surface area contributed by atoms with Gasteiger partial charge in [0.2, 0.25) is 0 Å². The number of ether oxygens (including phenoxy) is 1. The number of likely N-dealkylation sites (tertiary alicyclic amines) is 1. The summed E-state index contributed by atoms with van der Waals surface area (Å²) >= 11 is 6.03. The summed E-state index contributed by atoms with van der Waals surface area (Å²) in [5, 5.41) is 0.580. The van der Waals surface area contributed by atoms with Crippen LogP contribution in [0.25, 0.3) is 5.57 Å². The van der Waals surface area contributed by atoms with E-state index in [-0.39, 0.29) is 23.4 Å². The van der Waals surface area contributed by atoms with Crippen LogP contribution in [0, 0.1) is 0 Å². The van der Waals surface area contributed by atoms with Crippen molar-refractivity contribution in [3.05, 3.63) is 70.3 Å². The molecule has 1 aliphatic heterocycles. The second-order valence-electron chi connectivity index (χ2n) is 7.04. The smallest absolute Gasteiger partial charge is 0.302 e. The van der Waals surface area contributed by atoms with Crippen LogP contribution in [0.15, 0.2) is 59.0 Å². The molecule has 0 spiro atoms. The third kappa shape index (κ3) is 5.09. The summed E-state index contributed by atoms with van der Waals surface area (Å²) < 4.78 is 28.6. The number of nitrogens with zero attached hydrogens (tertiary/aromatic N) is 1. The molecule has 0 aromatic heterocycles. The summed E-state index contributed by atoms with van der Waals surface area (Å²) in [5.41, 5.74) is 2.94. The molecule has 1 heterocycles. The predicted octanol–water partition coefficient (Wildman–Crippen LogP) is 3.34. The van der Waals surface area contributed by atoms with Crippen LogP contribution < -0.4 is 0 Å². The number of amides is 1. The van der Waals surface area contributed by atoms with Crippen LogP contribution in [0.1, 0.15) is 24.5 Å². The van der Waals surface area contributed by atoms with Crippen LogP contribution in [0.2, 0.25) is 5.02 Å². The van der Waals surface area contributed by atoms with Crippen LogP contribution in [0.5, 0.6) is 0 Å². The minimum absolute atomic E-state index is 0.126. The molecule has 1 amide bonds. The Kier molecular flexibility index (Phi) is 6.63. The van der Waals surface area contributed by atoms with Crippen molar-refractivity contribution in [1.82, 2.24) is 4.90 Å². The first kappa shape index (κ1) is 22.1. The maximum Gasteiger partial charge on any atom is 0.302 e. The third-order valence-electron chi connectivity index (χ3n) is 4.85. The van der Waals surface area contributed by atoms with Gasteiger partial charge in [-0.1, -0.05) is 35.9 Å². The summed E-state index contributed by atoms with van der Waals surface area (Å²) in [7, 11) is -3.32. The monoisotopic (exact) mass is 447 g/mol. The molecule has 1 fully saturated rings. The van der Waals surface area contributed by atoms with Gasteiger partial charge in [-0.15, -0.1) is 0 Å². The topological polar surface area (TPSA) is 80.8 Å². The van der Waals surface area contributed by atoms with Gasteiger partial charge in [0.05, 0.1) is 11.4 Å². The van der Waals surface area contributed by atoms with Gasteiger partial charge in [0, 0.05) is 30.3 Å². The summed E-state index contributed by atoms with van der Waals surface area (Å²) in [6.45, 7) is 2.32. The highest BCUT2D eigenvalue weighted by atomic mass is 35.5. The predicted molar refractivity (Wildman–Crippen MR) is 115 cm³/mol. The van der Waals surface area contributed by atoms with E-state index >= 15 is 0 Å². The Morgan fingerprint density at radius 1 is 1.07 bits per heavy atom. The highest BCUT2D eigenvalue weighted by Crippen LogP contribution is 2.33. The fourth-order valence-corrected chi connectivity index (χ4v) is 4.15. The van der Waals surface area contributed by atoms with E-state index in [9.17, 15) is 18.0 Å². The van der Waals surface area contributed by atoms with Gasteiger partial charge in [0.25, 0.3) is 5.91 Å². The molecule has 0 saturated carbocycles. The summed E-state index contributed by atoms with van der Waals surface area (Å²) in [6.07, 6.45) is 1.69. The zero-order valence-electron chi connectivity index (χ0n) is 16.7. The summed E-state index contributed by atoms with van der Waals surface area (Å²) in [4.78, 5) is 25.9. The van der Waals surface area contributed by atoms with Gasteiger partial charge >= 0.3 is 5.97 Å². The van der Waals surface area contributed by atoms with Gasteiger partial charge < -0.3 is 9.64 Å². The Bertz CT molecular complexity index is 1090. The zero-order chi connectivity index (χ0) is 21.9. The normalized spacial score (nSPS) is 16.0. The van der Waals surface area contributed by atoms with Crippen LogP contribution in [0.3, 0.4) is 0 Å². The van der Waals surface area contributed by atoms with Crippen molar-refractivity contribution in [2.45, 2.75) is 18.2 Å². The average Bonchev–Trinajstić information content (AvgIpc) is 3.04. The molecule has 0 radical (unpaired) electrons. The number of benzene rings is 2. The average molecular weight is 448 g/mol. The molecule has 0 unspecified atom stereocenters. The highest BCUT2D eigenvalue weighted by Gasteiger charge is 2.29. The SMILES string of the molecule is CC(=O)OCCN1CC/C(=C(/c2ccc(Cl)cc2)c2ccc(S(C)(=O)=O)cc2)C1=O. The van der Waals surface area contributed by atoms with E-state index in [0.717, 1.165) is 23.0 Å². The number of hydrogen-bond donors (Lipinski definition) is 0. The van der Waals surface area contributed by atoms with Crippen LogP contribution in [-0.2, 0) is 24.2 Å².